The van der Waals surface area contributed by atoms with E-state index in [1.54, 1.807) is 0 Å². The van der Waals surface area contributed by atoms with Crippen LogP contribution in [0.4, 0.5) is 0 Å². The molecule has 19 heavy (non-hydrogen) atoms. The Bertz CT molecular complexity index is 368. The van der Waals surface area contributed by atoms with Gasteiger partial charge in [0.15, 0.2) is 0 Å². The summed E-state index contributed by atoms with van der Waals surface area (Å²) >= 11 is 0. The molecule has 1 aromatic carbocycles. The maximum Gasteiger partial charge on any atom is 0.0644 e. The molecule has 1 atom stereocenters. The second-order valence-corrected chi connectivity index (χ2v) is 5.88. The van der Waals surface area contributed by atoms with Crippen molar-refractivity contribution in [2.24, 2.45) is 0 Å². The molecule has 3 nitrogen and oxygen atoms in total. The molecule has 2 N–H and O–H groups in total. The lowest BCUT2D eigenvalue weighted by Crippen LogP contribution is -2.43. The molecule has 1 aromatic rings. The topological polar surface area (TPSA) is 35.5 Å². The van der Waals surface area contributed by atoms with Gasteiger partial charge in [0.05, 0.1) is 5.60 Å². The highest BCUT2D eigenvalue weighted by molar-refractivity contribution is 5.18. The van der Waals surface area contributed by atoms with E-state index in [-0.39, 0.29) is 0 Å². The van der Waals surface area contributed by atoms with E-state index in [9.17, 15) is 5.11 Å². The lowest BCUT2D eigenvalue weighted by Gasteiger charge is -2.36. The summed E-state index contributed by atoms with van der Waals surface area (Å²) in [6, 6.07) is 11.0. The SMILES string of the molecule is CNC(CCN1CCC(C)(O)CC1)c1ccccc1. The quantitative estimate of drug-likeness (QED) is 0.854. The first kappa shape index (κ1) is 14.5. The Morgan fingerprint density at radius 3 is 2.47 bits per heavy atom. The highest BCUT2D eigenvalue weighted by Crippen LogP contribution is 2.23. The van der Waals surface area contributed by atoms with Gasteiger partial charge in [0.25, 0.3) is 0 Å². The predicted molar refractivity (Wildman–Crippen MR) is 79.2 cm³/mol. The van der Waals surface area contributed by atoms with Crippen molar-refractivity contribution in [2.45, 2.75) is 37.8 Å². The molecule has 106 valence electrons. The minimum atomic E-state index is -0.446. The van der Waals surface area contributed by atoms with Gasteiger partial charge in [-0.25, -0.2) is 0 Å². The zero-order valence-corrected chi connectivity index (χ0v) is 12.1. The molecule has 1 unspecified atom stereocenters. The van der Waals surface area contributed by atoms with E-state index in [0.717, 1.165) is 38.9 Å². The van der Waals surface area contributed by atoms with Crippen molar-refractivity contribution in [3.8, 4) is 0 Å². The summed E-state index contributed by atoms with van der Waals surface area (Å²) < 4.78 is 0. The second kappa shape index (κ2) is 6.51. The van der Waals surface area contributed by atoms with Gasteiger partial charge in [-0.3, -0.25) is 0 Å². The van der Waals surface area contributed by atoms with Gasteiger partial charge in [-0.1, -0.05) is 30.3 Å². The number of hydrogen-bond donors (Lipinski definition) is 2. The van der Waals surface area contributed by atoms with Crippen LogP contribution in [0.25, 0.3) is 0 Å². The molecule has 0 amide bonds. The highest BCUT2D eigenvalue weighted by Gasteiger charge is 2.27. The van der Waals surface area contributed by atoms with Crippen LogP contribution in [-0.2, 0) is 0 Å². The average molecular weight is 262 g/mol. The summed E-state index contributed by atoms with van der Waals surface area (Å²) in [6.45, 7) is 5.07. The minimum Gasteiger partial charge on any atom is -0.390 e. The molecule has 0 radical (unpaired) electrons. The lowest BCUT2D eigenvalue weighted by atomic mass is 9.93. The molecule has 0 saturated carbocycles. The molecule has 0 bridgehead atoms. The normalized spacial score (nSPS) is 21.2. The van der Waals surface area contributed by atoms with Crippen molar-refractivity contribution in [3.05, 3.63) is 35.9 Å². The van der Waals surface area contributed by atoms with Crippen molar-refractivity contribution in [3.63, 3.8) is 0 Å². The number of rotatable bonds is 5. The van der Waals surface area contributed by atoms with Gasteiger partial charge >= 0.3 is 0 Å². The fraction of sp³-hybridized carbons (Fsp3) is 0.625. The highest BCUT2D eigenvalue weighted by atomic mass is 16.3. The van der Waals surface area contributed by atoms with Gasteiger partial charge in [0.1, 0.15) is 0 Å². The summed E-state index contributed by atoms with van der Waals surface area (Å²) in [4.78, 5) is 2.46. The second-order valence-electron chi connectivity index (χ2n) is 5.88. The molecule has 1 saturated heterocycles. The first-order valence-electron chi connectivity index (χ1n) is 7.28. The van der Waals surface area contributed by atoms with Crippen LogP contribution in [0.3, 0.4) is 0 Å². The fourth-order valence-corrected chi connectivity index (χ4v) is 2.73. The van der Waals surface area contributed by atoms with Gasteiger partial charge in [0, 0.05) is 19.1 Å². The van der Waals surface area contributed by atoms with Crippen molar-refractivity contribution in [1.29, 1.82) is 0 Å². The number of likely N-dealkylation sites (tertiary alicyclic amines) is 1. The molecule has 1 aliphatic heterocycles. The lowest BCUT2D eigenvalue weighted by molar-refractivity contribution is -0.00593. The molecule has 3 heteroatoms. The summed E-state index contributed by atoms with van der Waals surface area (Å²) in [5, 5.41) is 13.4. The van der Waals surface area contributed by atoms with Gasteiger partial charge in [-0.2, -0.15) is 0 Å². The predicted octanol–water partition coefficient (Wildman–Crippen LogP) is 2.18. The van der Waals surface area contributed by atoms with Crippen molar-refractivity contribution < 1.29 is 5.11 Å². The van der Waals surface area contributed by atoms with Gasteiger partial charge in [-0.15, -0.1) is 0 Å². The van der Waals surface area contributed by atoms with E-state index in [4.69, 9.17) is 0 Å². The third kappa shape index (κ3) is 4.30. The Balaban J connectivity index is 1.81. The largest absolute Gasteiger partial charge is 0.390 e. The number of nitrogens with one attached hydrogen (secondary N) is 1. The number of benzene rings is 1. The fourth-order valence-electron chi connectivity index (χ4n) is 2.73. The van der Waals surface area contributed by atoms with Crippen LogP contribution in [0.2, 0.25) is 0 Å². The Kier molecular flexibility index (Phi) is 4.97. The molecule has 0 aromatic heterocycles. The third-order valence-electron chi connectivity index (χ3n) is 4.22. The van der Waals surface area contributed by atoms with Crippen LogP contribution in [0.15, 0.2) is 30.3 Å². The van der Waals surface area contributed by atoms with E-state index in [0.29, 0.717) is 6.04 Å². The number of hydrogen-bond acceptors (Lipinski definition) is 3. The third-order valence-corrected chi connectivity index (χ3v) is 4.22. The summed E-state index contributed by atoms with van der Waals surface area (Å²) in [6.07, 6.45) is 2.90. The maximum absolute atomic E-state index is 9.95. The molecule has 1 heterocycles. The summed E-state index contributed by atoms with van der Waals surface area (Å²) in [5.41, 5.74) is 0.909. The minimum absolute atomic E-state index is 0.420. The zero-order chi connectivity index (χ0) is 13.7. The molecule has 1 aliphatic rings. The molecule has 0 aliphatic carbocycles. The first-order chi connectivity index (χ1) is 9.11. The first-order valence-corrected chi connectivity index (χ1v) is 7.28. The van der Waals surface area contributed by atoms with E-state index in [1.807, 2.05) is 14.0 Å². The van der Waals surface area contributed by atoms with E-state index in [1.165, 1.54) is 5.56 Å². The van der Waals surface area contributed by atoms with Gasteiger partial charge in [-0.05, 0) is 45.3 Å². The molecule has 1 fully saturated rings. The van der Waals surface area contributed by atoms with Crippen molar-refractivity contribution in [1.82, 2.24) is 10.2 Å². The number of aliphatic hydroxyl groups is 1. The van der Waals surface area contributed by atoms with Gasteiger partial charge < -0.3 is 15.3 Å². The zero-order valence-electron chi connectivity index (χ0n) is 12.1. The van der Waals surface area contributed by atoms with Crippen LogP contribution in [-0.4, -0.2) is 42.3 Å². The number of nitrogens with zero attached hydrogens (tertiary/aromatic N) is 1. The monoisotopic (exact) mass is 262 g/mol. The Hall–Kier alpha value is -0.900. The van der Waals surface area contributed by atoms with Crippen molar-refractivity contribution >= 4 is 0 Å². The van der Waals surface area contributed by atoms with Crippen LogP contribution >= 0.6 is 0 Å². The van der Waals surface area contributed by atoms with Crippen molar-refractivity contribution in [2.75, 3.05) is 26.7 Å². The molecule has 2 rings (SSSR count). The smallest absolute Gasteiger partial charge is 0.0644 e. The van der Waals surface area contributed by atoms with Gasteiger partial charge in [0.2, 0.25) is 0 Å². The van der Waals surface area contributed by atoms with E-state index in [2.05, 4.69) is 40.5 Å². The summed E-state index contributed by atoms with van der Waals surface area (Å²) in [5.74, 6) is 0. The van der Waals surface area contributed by atoms with E-state index < -0.39 is 5.60 Å². The van der Waals surface area contributed by atoms with Crippen LogP contribution < -0.4 is 5.32 Å². The van der Waals surface area contributed by atoms with Crippen LogP contribution in [0.1, 0.15) is 37.8 Å². The van der Waals surface area contributed by atoms with Crippen LogP contribution in [0, 0.1) is 0 Å². The Labute approximate surface area is 116 Å². The number of piperidine rings is 1. The van der Waals surface area contributed by atoms with E-state index >= 15 is 0 Å². The molecule has 0 spiro atoms. The molecular weight excluding hydrogens is 236 g/mol. The summed E-state index contributed by atoms with van der Waals surface area (Å²) in [7, 11) is 2.03. The maximum atomic E-state index is 9.95. The standard InChI is InChI=1S/C16H26N2O/c1-16(19)9-12-18(13-10-16)11-8-15(17-2)14-6-4-3-5-7-14/h3-7,15,17,19H,8-13H2,1-2H3. The Morgan fingerprint density at radius 1 is 1.26 bits per heavy atom. The van der Waals surface area contributed by atoms with Crippen LogP contribution in [0.5, 0.6) is 0 Å². The Morgan fingerprint density at radius 2 is 1.89 bits per heavy atom. The molecular formula is C16H26N2O. The average Bonchev–Trinajstić information content (AvgIpc) is 2.42.